The van der Waals surface area contributed by atoms with Gasteiger partial charge in [-0.1, -0.05) is 41.5 Å². The average Bonchev–Trinajstić information content (AvgIpc) is 2.38. The second-order valence-corrected chi connectivity index (χ2v) is 3.74. The zero-order valence-electron chi connectivity index (χ0n) is 13.3. The van der Waals surface area contributed by atoms with Gasteiger partial charge >= 0.3 is 0 Å². The van der Waals surface area contributed by atoms with Gasteiger partial charge in [0, 0.05) is 19.6 Å². The molecule has 2 saturated heterocycles. The molecular formula is C14H34N2O. The standard InChI is InChI=1S/C8H16N2O.3C2H6/c1-9-6-8(7-9)10(2)4-3-5-11-8;3*1-2/h3-7H2,1-2H3;3*1-2H3. The van der Waals surface area contributed by atoms with E-state index in [9.17, 15) is 0 Å². The third kappa shape index (κ3) is 5.36. The largest absolute Gasteiger partial charge is 0.358 e. The second kappa shape index (κ2) is 11.0. The molecule has 0 amide bonds. The maximum Gasteiger partial charge on any atom is 0.146 e. The van der Waals surface area contributed by atoms with E-state index in [2.05, 4.69) is 23.9 Å². The fourth-order valence-corrected chi connectivity index (χ4v) is 2.01. The Labute approximate surface area is 109 Å². The van der Waals surface area contributed by atoms with E-state index in [0.717, 1.165) is 19.7 Å². The van der Waals surface area contributed by atoms with Crippen LogP contribution in [0.15, 0.2) is 0 Å². The van der Waals surface area contributed by atoms with Crippen LogP contribution in [0.2, 0.25) is 0 Å². The maximum atomic E-state index is 5.77. The summed E-state index contributed by atoms with van der Waals surface area (Å²) < 4.78 is 5.77. The van der Waals surface area contributed by atoms with Crippen LogP contribution >= 0.6 is 0 Å². The topological polar surface area (TPSA) is 15.7 Å². The number of hydrogen-bond donors (Lipinski definition) is 0. The molecule has 0 saturated carbocycles. The quantitative estimate of drug-likeness (QED) is 0.653. The minimum absolute atomic E-state index is 0.0903. The molecule has 106 valence electrons. The van der Waals surface area contributed by atoms with E-state index in [1.165, 1.54) is 13.0 Å². The normalized spacial score (nSPS) is 21.9. The fourth-order valence-electron chi connectivity index (χ4n) is 2.01. The monoisotopic (exact) mass is 246 g/mol. The maximum absolute atomic E-state index is 5.77. The summed E-state index contributed by atoms with van der Waals surface area (Å²) in [6.45, 7) is 16.3. The van der Waals surface area contributed by atoms with E-state index in [1.807, 2.05) is 41.5 Å². The van der Waals surface area contributed by atoms with Crippen LogP contribution in [-0.4, -0.2) is 55.9 Å². The fraction of sp³-hybridized carbons (Fsp3) is 1.00. The van der Waals surface area contributed by atoms with Crippen LogP contribution in [-0.2, 0) is 4.74 Å². The molecule has 17 heavy (non-hydrogen) atoms. The predicted octanol–water partition coefficient (Wildman–Crippen LogP) is 3.06. The third-order valence-electron chi connectivity index (χ3n) is 2.74. The van der Waals surface area contributed by atoms with Crippen LogP contribution < -0.4 is 0 Å². The Morgan fingerprint density at radius 1 is 0.882 bits per heavy atom. The molecule has 0 aromatic carbocycles. The van der Waals surface area contributed by atoms with Crippen molar-refractivity contribution in [3.05, 3.63) is 0 Å². The second-order valence-electron chi connectivity index (χ2n) is 3.74. The summed E-state index contributed by atoms with van der Waals surface area (Å²) in [7, 11) is 4.29. The van der Waals surface area contributed by atoms with E-state index in [1.54, 1.807) is 0 Å². The summed E-state index contributed by atoms with van der Waals surface area (Å²) >= 11 is 0. The Hall–Kier alpha value is -0.120. The lowest BCUT2D eigenvalue weighted by Crippen LogP contribution is -2.71. The lowest BCUT2D eigenvalue weighted by molar-refractivity contribution is -0.240. The van der Waals surface area contributed by atoms with Gasteiger partial charge in [-0.25, -0.2) is 0 Å². The van der Waals surface area contributed by atoms with Crippen molar-refractivity contribution in [1.29, 1.82) is 0 Å². The molecule has 0 bridgehead atoms. The Morgan fingerprint density at radius 3 is 1.71 bits per heavy atom. The van der Waals surface area contributed by atoms with Gasteiger partial charge in [-0.15, -0.1) is 0 Å². The Kier molecular flexibility index (Phi) is 12.4. The highest BCUT2D eigenvalue weighted by atomic mass is 16.5. The number of likely N-dealkylation sites (N-methyl/N-ethyl adjacent to an activating group) is 2. The SMILES string of the molecule is CC.CC.CC.CN1CC2(C1)OCCCN2C. The van der Waals surface area contributed by atoms with E-state index < -0.39 is 0 Å². The zero-order valence-corrected chi connectivity index (χ0v) is 13.3. The van der Waals surface area contributed by atoms with Crippen molar-refractivity contribution in [3.8, 4) is 0 Å². The van der Waals surface area contributed by atoms with E-state index >= 15 is 0 Å². The van der Waals surface area contributed by atoms with Crippen LogP contribution in [0.3, 0.4) is 0 Å². The number of likely N-dealkylation sites (tertiary alicyclic amines) is 1. The smallest absolute Gasteiger partial charge is 0.146 e. The Morgan fingerprint density at radius 2 is 1.35 bits per heavy atom. The minimum atomic E-state index is 0.0903. The molecule has 0 aliphatic carbocycles. The molecule has 1 spiro atoms. The van der Waals surface area contributed by atoms with Gasteiger partial charge in [-0.3, -0.25) is 9.80 Å². The van der Waals surface area contributed by atoms with Gasteiger partial charge in [0.15, 0.2) is 0 Å². The van der Waals surface area contributed by atoms with Gasteiger partial charge in [-0.05, 0) is 20.5 Å². The molecule has 2 aliphatic rings. The van der Waals surface area contributed by atoms with Crippen molar-refractivity contribution < 1.29 is 4.74 Å². The molecular weight excluding hydrogens is 212 g/mol. The number of rotatable bonds is 0. The third-order valence-corrected chi connectivity index (χ3v) is 2.74. The van der Waals surface area contributed by atoms with Crippen molar-refractivity contribution in [1.82, 2.24) is 9.80 Å². The highest BCUT2D eigenvalue weighted by Crippen LogP contribution is 2.29. The van der Waals surface area contributed by atoms with Crippen LogP contribution in [0.5, 0.6) is 0 Å². The van der Waals surface area contributed by atoms with Gasteiger partial charge in [0.25, 0.3) is 0 Å². The summed E-state index contributed by atoms with van der Waals surface area (Å²) in [5.41, 5.74) is 0.0903. The Balaban J connectivity index is 0. The average molecular weight is 246 g/mol. The first-order valence-corrected chi connectivity index (χ1v) is 7.27. The molecule has 2 aliphatic heterocycles. The van der Waals surface area contributed by atoms with Gasteiger partial charge in [0.05, 0.1) is 6.61 Å². The first kappa shape index (κ1) is 19.2. The molecule has 2 heterocycles. The van der Waals surface area contributed by atoms with E-state index in [-0.39, 0.29) is 5.72 Å². The van der Waals surface area contributed by atoms with Crippen molar-refractivity contribution in [2.24, 2.45) is 0 Å². The van der Waals surface area contributed by atoms with Gasteiger partial charge in [-0.2, -0.15) is 0 Å². The number of nitrogens with zero attached hydrogens (tertiary/aromatic N) is 2. The highest BCUT2D eigenvalue weighted by Gasteiger charge is 2.46. The first-order valence-electron chi connectivity index (χ1n) is 7.27. The summed E-state index contributed by atoms with van der Waals surface area (Å²) in [6.07, 6.45) is 1.18. The summed E-state index contributed by atoms with van der Waals surface area (Å²) in [5.74, 6) is 0. The molecule has 3 nitrogen and oxygen atoms in total. The van der Waals surface area contributed by atoms with E-state index in [0.29, 0.717) is 0 Å². The molecule has 0 aromatic rings. The molecule has 3 heteroatoms. The van der Waals surface area contributed by atoms with Crippen molar-refractivity contribution >= 4 is 0 Å². The minimum Gasteiger partial charge on any atom is -0.358 e. The molecule has 0 unspecified atom stereocenters. The van der Waals surface area contributed by atoms with Crippen molar-refractivity contribution in [2.75, 3.05) is 40.3 Å². The predicted molar refractivity (Wildman–Crippen MR) is 77.5 cm³/mol. The number of ether oxygens (including phenoxy) is 1. The summed E-state index contributed by atoms with van der Waals surface area (Å²) in [5, 5.41) is 0. The number of hydrogen-bond acceptors (Lipinski definition) is 3. The van der Waals surface area contributed by atoms with Crippen LogP contribution in [0.1, 0.15) is 48.0 Å². The summed E-state index contributed by atoms with van der Waals surface area (Å²) in [4.78, 5) is 4.64. The Bertz CT molecular complexity index is 151. The molecule has 0 radical (unpaired) electrons. The van der Waals surface area contributed by atoms with Crippen molar-refractivity contribution in [2.45, 2.75) is 53.7 Å². The van der Waals surface area contributed by atoms with Gasteiger partial charge in [0.1, 0.15) is 5.72 Å². The molecule has 0 atom stereocenters. The van der Waals surface area contributed by atoms with Gasteiger partial charge in [0.2, 0.25) is 0 Å². The lowest BCUT2D eigenvalue weighted by Gasteiger charge is -2.55. The van der Waals surface area contributed by atoms with Crippen LogP contribution in [0.4, 0.5) is 0 Å². The van der Waals surface area contributed by atoms with Crippen molar-refractivity contribution in [3.63, 3.8) is 0 Å². The van der Waals surface area contributed by atoms with Crippen LogP contribution in [0, 0.1) is 0 Å². The van der Waals surface area contributed by atoms with E-state index in [4.69, 9.17) is 4.74 Å². The van der Waals surface area contributed by atoms with Crippen LogP contribution in [0.25, 0.3) is 0 Å². The molecule has 2 rings (SSSR count). The molecule has 2 fully saturated rings. The summed E-state index contributed by atoms with van der Waals surface area (Å²) in [6, 6.07) is 0. The molecule has 0 aromatic heterocycles. The molecule has 0 N–H and O–H groups in total. The highest BCUT2D eigenvalue weighted by molar-refractivity contribution is 4.95. The zero-order chi connectivity index (χ0) is 13.9. The lowest BCUT2D eigenvalue weighted by atomic mass is 10.0. The van der Waals surface area contributed by atoms with Gasteiger partial charge < -0.3 is 4.74 Å². The first-order chi connectivity index (χ1) is 8.23.